The summed E-state index contributed by atoms with van der Waals surface area (Å²) in [5, 5.41) is 0.524. The van der Waals surface area contributed by atoms with Crippen LogP contribution in [-0.2, 0) is 21.2 Å². The summed E-state index contributed by atoms with van der Waals surface area (Å²) in [5.41, 5.74) is 3.73. The average Bonchev–Trinajstić information content (AvgIpc) is 3.47. The van der Waals surface area contributed by atoms with E-state index in [4.69, 9.17) is 13.9 Å². The first-order valence-electron chi connectivity index (χ1n) is 16.3. The van der Waals surface area contributed by atoms with Crippen LogP contribution < -0.4 is 13.9 Å². The molecule has 0 saturated carbocycles. The number of nitrogens with zero attached hydrogens (tertiary/aromatic N) is 3. The molecule has 6 rings (SSSR count). The summed E-state index contributed by atoms with van der Waals surface area (Å²) in [4.78, 5) is 29.9. The van der Waals surface area contributed by atoms with Crippen molar-refractivity contribution in [3.63, 3.8) is 0 Å². The fourth-order valence-electron chi connectivity index (χ4n) is 6.21. The van der Waals surface area contributed by atoms with Crippen LogP contribution in [0.4, 0.5) is 11.4 Å². The molecule has 4 aromatic carbocycles. The van der Waals surface area contributed by atoms with Crippen molar-refractivity contribution in [1.82, 2.24) is 4.90 Å². The largest absolute Gasteiger partial charge is 0.496 e. The Bertz CT molecular complexity index is 2070. The summed E-state index contributed by atoms with van der Waals surface area (Å²) in [6, 6.07) is 29.1. The normalized spacial score (nSPS) is 13.4. The van der Waals surface area contributed by atoms with Crippen LogP contribution in [0.25, 0.3) is 11.0 Å². The zero-order valence-corrected chi connectivity index (χ0v) is 28.6. The Morgan fingerprint density at radius 1 is 0.878 bits per heavy atom. The van der Waals surface area contributed by atoms with Gasteiger partial charge < -0.3 is 23.7 Å². The first-order chi connectivity index (χ1) is 23.7. The minimum atomic E-state index is -4.11. The number of benzene rings is 4. The maximum absolute atomic E-state index is 14.7. The summed E-state index contributed by atoms with van der Waals surface area (Å²) in [6.45, 7) is 5.76. The van der Waals surface area contributed by atoms with Gasteiger partial charge in [-0.15, -0.1) is 0 Å². The first kappa shape index (κ1) is 33.6. The van der Waals surface area contributed by atoms with Gasteiger partial charge in [-0.3, -0.25) is 9.10 Å². The quantitative estimate of drug-likeness (QED) is 0.149. The summed E-state index contributed by atoms with van der Waals surface area (Å²) >= 11 is 0. The number of rotatable bonds is 11. The predicted molar refractivity (Wildman–Crippen MR) is 189 cm³/mol. The Morgan fingerprint density at radius 2 is 1.57 bits per heavy atom. The van der Waals surface area contributed by atoms with Crippen molar-refractivity contribution >= 4 is 44.2 Å². The monoisotopic (exact) mass is 681 g/mol. The Hall–Kier alpha value is -5.29. The van der Waals surface area contributed by atoms with Crippen LogP contribution in [0.2, 0.25) is 0 Å². The number of para-hydroxylation sites is 3. The Labute approximate surface area is 286 Å². The molecule has 1 aliphatic heterocycles. The number of carbonyl (C=O) groups is 2. The number of hydrogen-bond acceptors (Lipinski definition) is 8. The molecule has 1 aliphatic rings. The highest BCUT2D eigenvalue weighted by Crippen LogP contribution is 2.36. The minimum Gasteiger partial charge on any atom is -0.496 e. The molecule has 0 aliphatic carbocycles. The van der Waals surface area contributed by atoms with E-state index >= 15 is 0 Å². The van der Waals surface area contributed by atoms with Crippen molar-refractivity contribution in [2.75, 3.05) is 55.6 Å². The molecule has 254 valence electrons. The summed E-state index contributed by atoms with van der Waals surface area (Å²) < 4.78 is 47.1. The van der Waals surface area contributed by atoms with E-state index in [1.54, 1.807) is 50.1 Å². The Morgan fingerprint density at radius 3 is 2.31 bits per heavy atom. The molecule has 2 heterocycles. The van der Waals surface area contributed by atoms with E-state index in [2.05, 4.69) is 4.90 Å². The van der Waals surface area contributed by atoms with Gasteiger partial charge in [0.25, 0.3) is 15.9 Å². The number of carbonyl (C=O) groups excluding carboxylic acids is 2. The molecule has 0 atom stereocenters. The van der Waals surface area contributed by atoms with Gasteiger partial charge in [-0.25, -0.2) is 13.2 Å². The number of furan rings is 1. The Balaban J connectivity index is 1.33. The van der Waals surface area contributed by atoms with E-state index in [0.29, 0.717) is 66.1 Å². The van der Waals surface area contributed by atoms with E-state index in [-0.39, 0.29) is 29.7 Å². The van der Waals surface area contributed by atoms with Gasteiger partial charge in [0, 0.05) is 43.7 Å². The molecule has 11 heteroatoms. The number of hydrogen-bond donors (Lipinski definition) is 0. The molecule has 0 spiro atoms. The van der Waals surface area contributed by atoms with Gasteiger partial charge in [0.15, 0.2) is 0 Å². The number of methoxy groups -OCH3 is 1. The zero-order valence-electron chi connectivity index (χ0n) is 27.8. The van der Waals surface area contributed by atoms with E-state index in [0.717, 1.165) is 11.3 Å². The fourth-order valence-corrected chi connectivity index (χ4v) is 7.72. The zero-order chi connectivity index (χ0) is 34.5. The molecule has 1 amide bonds. The van der Waals surface area contributed by atoms with Gasteiger partial charge in [-0.1, -0.05) is 54.6 Å². The first-order valence-corrected chi connectivity index (χ1v) is 17.7. The number of sulfonamides is 1. The van der Waals surface area contributed by atoms with Crippen LogP contribution in [0.1, 0.15) is 39.0 Å². The van der Waals surface area contributed by atoms with Crippen LogP contribution in [0.15, 0.2) is 106 Å². The lowest BCUT2D eigenvalue weighted by Crippen LogP contribution is -2.49. The lowest BCUT2D eigenvalue weighted by atomic mass is 10.1. The van der Waals surface area contributed by atoms with Crippen LogP contribution >= 0.6 is 0 Å². The summed E-state index contributed by atoms with van der Waals surface area (Å²) in [6.07, 6.45) is 0.482. The molecular formula is C38H39N3O7S. The number of aryl methyl sites for hydroxylation is 1. The molecule has 0 unspecified atom stereocenters. The van der Waals surface area contributed by atoms with Crippen LogP contribution in [0, 0.1) is 6.92 Å². The van der Waals surface area contributed by atoms with Gasteiger partial charge in [0.05, 0.1) is 35.6 Å². The molecule has 49 heavy (non-hydrogen) atoms. The van der Waals surface area contributed by atoms with Gasteiger partial charge >= 0.3 is 5.97 Å². The second kappa shape index (κ2) is 14.4. The molecule has 0 N–H and O–H groups in total. The number of amides is 1. The maximum atomic E-state index is 14.7. The average molecular weight is 682 g/mol. The van der Waals surface area contributed by atoms with E-state index in [1.165, 1.54) is 10.4 Å². The number of fused-ring (bicyclic) bond motifs is 1. The molecular weight excluding hydrogens is 642 g/mol. The van der Waals surface area contributed by atoms with Gasteiger partial charge in [0.2, 0.25) is 5.76 Å². The lowest BCUT2D eigenvalue weighted by molar-refractivity contribution is 0.0491. The summed E-state index contributed by atoms with van der Waals surface area (Å²) in [5.74, 6) is -0.112. The van der Waals surface area contributed by atoms with Crippen molar-refractivity contribution < 1.29 is 31.9 Å². The highest BCUT2D eigenvalue weighted by Gasteiger charge is 2.31. The minimum absolute atomic E-state index is 0.0565. The number of esters is 1. The maximum Gasteiger partial charge on any atom is 0.374 e. The topological polar surface area (TPSA) is 110 Å². The molecule has 1 aromatic heterocycles. The van der Waals surface area contributed by atoms with Crippen molar-refractivity contribution in [1.29, 1.82) is 0 Å². The SMILES string of the molecule is CCOC(=O)c1oc2ccc(S(=O)(=O)N(CCc3ccccc3)c3ccccc3N3CCN(C(=O)c4ccccc4OC)CC3)cc2c1C. The van der Waals surface area contributed by atoms with Crippen LogP contribution in [-0.4, -0.2) is 71.6 Å². The predicted octanol–water partition coefficient (Wildman–Crippen LogP) is 6.33. The third-order valence-electron chi connectivity index (χ3n) is 8.80. The molecule has 1 fully saturated rings. The van der Waals surface area contributed by atoms with Crippen LogP contribution in [0.5, 0.6) is 5.75 Å². The molecule has 5 aromatic rings. The number of anilines is 2. The summed E-state index contributed by atoms with van der Waals surface area (Å²) in [7, 11) is -2.56. The molecule has 0 bridgehead atoms. The molecule has 1 saturated heterocycles. The molecule has 10 nitrogen and oxygen atoms in total. The second-order valence-electron chi connectivity index (χ2n) is 11.7. The van der Waals surface area contributed by atoms with Crippen LogP contribution in [0.3, 0.4) is 0 Å². The standard InChI is InChI=1S/C38H39N3O7S/c1-4-47-38(43)36-27(2)31-26-29(18-19-35(31)48-36)49(44,45)41(21-20-28-12-6-5-7-13-28)33-16-10-9-15-32(33)39-22-24-40(25-23-39)37(42)30-14-8-11-17-34(30)46-3/h5-19,26H,4,20-25H2,1-3H3. The van der Waals surface area contributed by atoms with Crippen molar-refractivity contribution in [3.05, 3.63) is 120 Å². The third kappa shape index (κ3) is 6.84. The fraction of sp³-hybridized carbons (Fsp3) is 0.263. The van der Waals surface area contributed by atoms with Crippen molar-refractivity contribution in [3.8, 4) is 5.75 Å². The third-order valence-corrected chi connectivity index (χ3v) is 10.6. The highest BCUT2D eigenvalue weighted by atomic mass is 32.2. The van der Waals surface area contributed by atoms with Crippen molar-refractivity contribution in [2.45, 2.75) is 25.2 Å². The smallest absolute Gasteiger partial charge is 0.374 e. The van der Waals surface area contributed by atoms with Gasteiger partial charge in [0.1, 0.15) is 11.3 Å². The molecule has 0 radical (unpaired) electrons. The van der Waals surface area contributed by atoms with Gasteiger partial charge in [-0.05, 0) is 68.3 Å². The number of piperazine rings is 1. The Kier molecular flexibility index (Phi) is 9.91. The van der Waals surface area contributed by atoms with E-state index in [1.807, 2.05) is 66.7 Å². The van der Waals surface area contributed by atoms with E-state index in [9.17, 15) is 18.0 Å². The highest BCUT2D eigenvalue weighted by molar-refractivity contribution is 7.92. The van der Waals surface area contributed by atoms with Crippen molar-refractivity contribution in [2.24, 2.45) is 0 Å². The van der Waals surface area contributed by atoms with E-state index < -0.39 is 16.0 Å². The second-order valence-corrected chi connectivity index (χ2v) is 13.6. The number of ether oxygens (including phenoxy) is 2. The van der Waals surface area contributed by atoms with Gasteiger partial charge in [-0.2, -0.15) is 0 Å². The lowest BCUT2D eigenvalue weighted by Gasteiger charge is -2.38.